The predicted octanol–water partition coefficient (Wildman–Crippen LogP) is 3.29. The number of ketones is 1. The van der Waals surface area contributed by atoms with E-state index in [1.54, 1.807) is 6.20 Å². The number of hydrogen-bond donors (Lipinski definition) is 0. The lowest BCUT2D eigenvalue weighted by molar-refractivity contribution is 0.0989. The normalized spacial score (nSPS) is 10.4. The summed E-state index contributed by atoms with van der Waals surface area (Å²) in [5, 5.41) is 0.673. The molecule has 0 aliphatic carbocycles. The Morgan fingerprint density at radius 1 is 1.26 bits per heavy atom. The fourth-order valence-electron chi connectivity index (χ4n) is 1.51. The molecule has 1 aromatic carbocycles. The number of hydrogen-bond acceptors (Lipinski definition) is 4. The van der Waals surface area contributed by atoms with Crippen LogP contribution in [0.3, 0.4) is 0 Å². The Kier molecular flexibility index (Phi) is 4.63. The SMILES string of the molecule is Cc1ccnc(SCCC(=O)c2ccc(F)cc2)n1. The number of aryl methyl sites for hydroxylation is 1. The van der Waals surface area contributed by atoms with Crippen LogP contribution >= 0.6 is 11.8 Å². The topological polar surface area (TPSA) is 42.9 Å². The zero-order chi connectivity index (χ0) is 13.7. The van der Waals surface area contributed by atoms with Crippen molar-refractivity contribution < 1.29 is 9.18 Å². The van der Waals surface area contributed by atoms with Crippen LogP contribution in [0.4, 0.5) is 4.39 Å². The van der Waals surface area contributed by atoms with Crippen molar-refractivity contribution in [2.75, 3.05) is 5.75 Å². The highest BCUT2D eigenvalue weighted by Gasteiger charge is 2.07. The minimum atomic E-state index is -0.334. The fraction of sp³-hybridized carbons (Fsp3) is 0.214. The summed E-state index contributed by atoms with van der Waals surface area (Å²) in [6.07, 6.45) is 2.08. The first-order valence-corrected chi connectivity index (χ1v) is 6.85. The summed E-state index contributed by atoms with van der Waals surface area (Å²) in [6.45, 7) is 1.90. The molecule has 2 rings (SSSR count). The van der Waals surface area contributed by atoms with E-state index < -0.39 is 0 Å². The molecule has 0 N–H and O–H groups in total. The molecule has 1 aromatic heterocycles. The van der Waals surface area contributed by atoms with E-state index >= 15 is 0 Å². The zero-order valence-electron chi connectivity index (χ0n) is 10.5. The molecule has 0 saturated carbocycles. The van der Waals surface area contributed by atoms with Gasteiger partial charge in [-0.3, -0.25) is 4.79 Å². The number of thioether (sulfide) groups is 1. The van der Waals surface area contributed by atoms with E-state index in [9.17, 15) is 9.18 Å². The number of aromatic nitrogens is 2. The maximum atomic E-state index is 12.7. The third-order valence-corrected chi connectivity index (χ3v) is 3.36. The van der Waals surface area contributed by atoms with Gasteiger partial charge in [-0.15, -0.1) is 0 Å². The maximum absolute atomic E-state index is 12.7. The van der Waals surface area contributed by atoms with Gasteiger partial charge in [-0.05, 0) is 37.3 Å². The van der Waals surface area contributed by atoms with Gasteiger partial charge in [-0.2, -0.15) is 0 Å². The third-order valence-electron chi connectivity index (χ3n) is 2.50. The first-order chi connectivity index (χ1) is 9.15. The monoisotopic (exact) mass is 276 g/mol. The predicted molar refractivity (Wildman–Crippen MR) is 72.8 cm³/mol. The van der Waals surface area contributed by atoms with Crippen LogP contribution in [-0.2, 0) is 0 Å². The molecule has 1 heterocycles. The lowest BCUT2D eigenvalue weighted by Crippen LogP contribution is -2.01. The van der Waals surface area contributed by atoms with E-state index in [0.29, 0.717) is 22.9 Å². The number of carbonyl (C=O) groups excluding carboxylic acids is 1. The largest absolute Gasteiger partial charge is 0.294 e. The molecule has 0 bridgehead atoms. The van der Waals surface area contributed by atoms with Crippen LogP contribution in [0.1, 0.15) is 22.5 Å². The van der Waals surface area contributed by atoms with Gasteiger partial charge < -0.3 is 0 Å². The van der Waals surface area contributed by atoms with E-state index in [1.165, 1.54) is 36.0 Å². The van der Waals surface area contributed by atoms with E-state index in [0.717, 1.165) is 5.69 Å². The van der Waals surface area contributed by atoms with Crippen LogP contribution < -0.4 is 0 Å². The molecule has 0 radical (unpaired) electrons. The van der Waals surface area contributed by atoms with Crippen molar-refractivity contribution in [2.45, 2.75) is 18.5 Å². The van der Waals surface area contributed by atoms with Gasteiger partial charge in [0.25, 0.3) is 0 Å². The second-order valence-corrected chi connectivity index (χ2v) is 5.07. The summed E-state index contributed by atoms with van der Waals surface area (Å²) in [5.41, 5.74) is 1.44. The Balaban J connectivity index is 1.86. The number of rotatable bonds is 5. The summed E-state index contributed by atoms with van der Waals surface area (Å²) in [6, 6.07) is 7.43. The van der Waals surface area contributed by atoms with Gasteiger partial charge >= 0.3 is 0 Å². The number of halogens is 1. The molecule has 0 atom stereocenters. The standard InChI is InChI=1S/C14H13FN2OS/c1-10-6-8-16-14(17-10)19-9-7-13(18)11-2-4-12(15)5-3-11/h2-6,8H,7,9H2,1H3. The zero-order valence-corrected chi connectivity index (χ0v) is 11.3. The van der Waals surface area contributed by atoms with Crippen LogP contribution in [0, 0.1) is 12.7 Å². The smallest absolute Gasteiger partial charge is 0.187 e. The lowest BCUT2D eigenvalue weighted by atomic mass is 10.1. The van der Waals surface area contributed by atoms with Crippen molar-refractivity contribution in [3.8, 4) is 0 Å². The molecule has 0 fully saturated rings. The maximum Gasteiger partial charge on any atom is 0.187 e. The number of carbonyl (C=O) groups is 1. The molecule has 5 heteroatoms. The Bertz CT molecular complexity index is 572. The molecule has 0 aliphatic heterocycles. The van der Waals surface area contributed by atoms with Gasteiger partial charge in [-0.25, -0.2) is 14.4 Å². The summed E-state index contributed by atoms with van der Waals surface area (Å²) in [7, 11) is 0. The molecule has 0 saturated heterocycles. The van der Waals surface area contributed by atoms with Crippen molar-refractivity contribution >= 4 is 17.5 Å². The van der Waals surface area contributed by atoms with Gasteiger partial charge in [0.15, 0.2) is 10.9 Å². The average molecular weight is 276 g/mol. The molecule has 19 heavy (non-hydrogen) atoms. The van der Waals surface area contributed by atoms with Crippen molar-refractivity contribution in [1.29, 1.82) is 0 Å². The van der Waals surface area contributed by atoms with Gasteiger partial charge in [0.2, 0.25) is 0 Å². The molecule has 3 nitrogen and oxygen atoms in total. The molecule has 0 spiro atoms. The Morgan fingerprint density at radius 2 is 2.00 bits per heavy atom. The van der Waals surface area contributed by atoms with Gasteiger partial charge in [-0.1, -0.05) is 11.8 Å². The summed E-state index contributed by atoms with van der Waals surface area (Å²) < 4.78 is 12.7. The highest BCUT2D eigenvalue weighted by Crippen LogP contribution is 2.15. The highest BCUT2D eigenvalue weighted by molar-refractivity contribution is 7.99. The minimum Gasteiger partial charge on any atom is -0.294 e. The van der Waals surface area contributed by atoms with Crippen LogP contribution in [0.5, 0.6) is 0 Å². The van der Waals surface area contributed by atoms with Crippen molar-refractivity contribution in [3.05, 3.63) is 53.6 Å². The van der Waals surface area contributed by atoms with Gasteiger partial charge in [0.1, 0.15) is 5.82 Å². The molecule has 0 unspecified atom stereocenters. The van der Waals surface area contributed by atoms with Crippen LogP contribution in [0.2, 0.25) is 0 Å². The quantitative estimate of drug-likeness (QED) is 0.477. The summed E-state index contributed by atoms with van der Waals surface area (Å²) in [5.74, 6) is 0.277. The second-order valence-electron chi connectivity index (χ2n) is 4.01. The first kappa shape index (κ1) is 13.7. The minimum absolute atomic E-state index is 0.000142. The highest BCUT2D eigenvalue weighted by atomic mass is 32.2. The second kappa shape index (κ2) is 6.43. The number of benzene rings is 1. The Labute approximate surface area is 115 Å². The van der Waals surface area contributed by atoms with E-state index in [4.69, 9.17) is 0 Å². The third kappa shape index (κ3) is 4.13. The van der Waals surface area contributed by atoms with Crippen molar-refractivity contribution in [2.24, 2.45) is 0 Å². The molecule has 0 aliphatic rings. The summed E-state index contributed by atoms with van der Waals surface area (Å²) in [4.78, 5) is 20.2. The molecule has 98 valence electrons. The Morgan fingerprint density at radius 3 is 2.68 bits per heavy atom. The van der Waals surface area contributed by atoms with Gasteiger partial charge in [0, 0.05) is 29.6 Å². The molecular weight excluding hydrogens is 263 g/mol. The molecular formula is C14H13FN2OS. The average Bonchev–Trinajstić information content (AvgIpc) is 2.39. The van der Waals surface area contributed by atoms with E-state index in [1.807, 2.05) is 13.0 Å². The molecule has 2 aromatic rings. The number of nitrogens with zero attached hydrogens (tertiary/aromatic N) is 2. The molecule has 0 amide bonds. The van der Waals surface area contributed by atoms with Gasteiger partial charge in [0.05, 0.1) is 0 Å². The van der Waals surface area contributed by atoms with Crippen molar-refractivity contribution in [1.82, 2.24) is 9.97 Å². The lowest BCUT2D eigenvalue weighted by Gasteiger charge is -2.01. The van der Waals surface area contributed by atoms with Crippen LogP contribution in [0.15, 0.2) is 41.7 Å². The van der Waals surface area contributed by atoms with Crippen molar-refractivity contribution in [3.63, 3.8) is 0 Å². The van der Waals surface area contributed by atoms with E-state index in [-0.39, 0.29) is 11.6 Å². The van der Waals surface area contributed by atoms with E-state index in [2.05, 4.69) is 9.97 Å². The van der Waals surface area contributed by atoms with Crippen LogP contribution in [0.25, 0.3) is 0 Å². The first-order valence-electron chi connectivity index (χ1n) is 5.86. The fourth-order valence-corrected chi connectivity index (χ4v) is 2.32. The summed E-state index contributed by atoms with van der Waals surface area (Å²) >= 11 is 1.44. The Hall–Kier alpha value is -1.75. The van der Waals surface area contributed by atoms with Crippen LogP contribution in [-0.4, -0.2) is 21.5 Å². The number of Topliss-reactive ketones (excluding diaryl/α,β-unsaturated/α-hetero) is 1.